The normalized spacial score (nSPS) is 19.4. The Balaban J connectivity index is 2.53. The van der Waals surface area contributed by atoms with Crippen LogP contribution in [0.15, 0.2) is 6.07 Å². The predicted molar refractivity (Wildman–Crippen MR) is 69.3 cm³/mol. The first-order valence-corrected chi connectivity index (χ1v) is 6.21. The van der Waals surface area contributed by atoms with Crippen LogP contribution in [-0.4, -0.2) is 20.8 Å². The van der Waals surface area contributed by atoms with E-state index in [2.05, 4.69) is 5.32 Å². The summed E-state index contributed by atoms with van der Waals surface area (Å²) in [5.74, 6) is 1.54. The molecular formula is C13H18ClNO2. The highest BCUT2D eigenvalue weighted by atomic mass is 35.5. The highest BCUT2D eigenvalue weighted by Crippen LogP contribution is 2.43. The van der Waals surface area contributed by atoms with Gasteiger partial charge in [0.05, 0.1) is 14.2 Å². The minimum Gasteiger partial charge on any atom is -0.493 e. The average molecular weight is 256 g/mol. The standard InChI is InChI=1S/C13H18ClNO2/c1-8-10(14)7-9(11-5-4-6-15-11)13(17-3)12(8)16-2/h7,11,15H,4-6H2,1-3H3. The number of nitrogens with one attached hydrogen (secondary N) is 1. The van der Waals surface area contributed by atoms with Gasteiger partial charge in [0.25, 0.3) is 0 Å². The molecule has 0 saturated carbocycles. The number of rotatable bonds is 3. The van der Waals surface area contributed by atoms with Crippen LogP contribution in [0.1, 0.15) is 30.0 Å². The Kier molecular flexibility index (Phi) is 3.79. The number of hydrogen-bond acceptors (Lipinski definition) is 3. The molecule has 1 fully saturated rings. The van der Waals surface area contributed by atoms with Gasteiger partial charge in [-0.2, -0.15) is 0 Å². The third kappa shape index (κ3) is 2.22. The van der Waals surface area contributed by atoms with Gasteiger partial charge in [-0.25, -0.2) is 0 Å². The lowest BCUT2D eigenvalue weighted by Crippen LogP contribution is -2.14. The van der Waals surface area contributed by atoms with Gasteiger partial charge in [-0.15, -0.1) is 0 Å². The van der Waals surface area contributed by atoms with E-state index >= 15 is 0 Å². The van der Waals surface area contributed by atoms with Crippen molar-refractivity contribution in [2.45, 2.75) is 25.8 Å². The summed E-state index contributed by atoms with van der Waals surface area (Å²) in [7, 11) is 3.32. The predicted octanol–water partition coefficient (Wildman–Crippen LogP) is 3.09. The van der Waals surface area contributed by atoms with Crippen molar-refractivity contribution in [1.82, 2.24) is 5.32 Å². The molecule has 1 heterocycles. The van der Waals surface area contributed by atoms with E-state index in [4.69, 9.17) is 21.1 Å². The van der Waals surface area contributed by atoms with E-state index in [9.17, 15) is 0 Å². The van der Waals surface area contributed by atoms with Crippen LogP contribution in [0, 0.1) is 6.92 Å². The fourth-order valence-corrected chi connectivity index (χ4v) is 2.59. The first-order valence-electron chi connectivity index (χ1n) is 5.83. The van der Waals surface area contributed by atoms with Gasteiger partial charge in [0.15, 0.2) is 11.5 Å². The van der Waals surface area contributed by atoms with Crippen molar-refractivity contribution in [1.29, 1.82) is 0 Å². The monoisotopic (exact) mass is 255 g/mol. The van der Waals surface area contributed by atoms with Crippen molar-refractivity contribution in [2.75, 3.05) is 20.8 Å². The summed E-state index contributed by atoms with van der Waals surface area (Å²) in [6, 6.07) is 2.30. The van der Waals surface area contributed by atoms with E-state index in [1.807, 2.05) is 13.0 Å². The number of benzene rings is 1. The third-order valence-corrected chi connectivity index (χ3v) is 3.69. The molecule has 1 aliphatic heterocycles. The molecule has 0 bridgehead atoms. The number of halogens is 1. The lowest BCUT2D eigenvalue weighted by atomic mass is 10.0. The highest BCUT2D eigenvalue weighted by molar-refractivity contribution is 6.31. The van der Waals surface area contributed by atoms with Crippen LogP contribution in [0.25, 0.3) is 0 Å². The molecule has 0 aliphatic carbocycles. The third-order valence-electron chi connectivity index (χ3n) is 3.29. The summed E-state index contributed by atoms with van der Waals surface area (Å²) in [6.07, 6.45) is 2.29. The second-order valence-corrected chi connectivity index (χ2v) is 4.70. The minimum absolute atomic E-state index is 0.317. The van der Waals surface area contributed by atoms with Gasteiger partial charge in [0.1, 0.15) is 0 Å². The fourth-order valence-electron chi connectivity index (χ4n) is 2.39. The Morgan fingerprint density at radius 3 is 2.53 bits per heavy atom. The molecule has 3 nitrogen and oxygen atoms in total. The first-order chi connectivity index (χ1) is 8.19. The fraction of sp³-hybridized carbons (Fsp3) is 0.538. The summed E-state index contributed by atoms with van der Waals surface area (Å²) >= 11 is 6.24. The lowest BCUT2D eigenvalue weighted by molar-refractivity contribution is 0.346. The maximum absolute atomic E-state index is 6.24. The zero-order valence-electron chi connectivity index (χ0n) is 10.5. The molecule has 0 spiro atoms. The average Bonchev–Trinajstić information content (AvgIpc) is 2.85. The molecule has 1 aromatic rings. The van der Waals surface area contributed by atoms with Crippen molar-refractivity contribution in [3.05, 3.63) is 22.2 Å². The quantitative estimate of drug-likeness (QED) is 0.900. The van der Waals surface area contributed by atoms with Crippen molar-refractivity contribution >= 4 is 11.6 Å². The number of ether oxygens (including phenoxy) is 2. The molecule has 0 amide bonds. The molecule has 0 radical (unpaired) electrons. The van der Waals surface area contributed by atoms with Gasteiger partial charge in [-0.05, 0) is 32.4 Å². The van der Waals surface area contributed by atoms with Gasteiger partial charge in [-0.3, -0.25) is 0 Å². The summed E-state index contributed by atoms with van der Waals surface area (Å²) < 4.78 is 10.9. The van der Waals surface area contributed by atoms with Crippen LogP contribution in [0.2, 0.25) is 5.02 Å². The van der Waals surface area contributed by atoms with Crippen LogP contribution < -0.4 is 14.8 Å². The molecule has 1 aromatic carbocycles. The van der Waals surface area contributed by atoms with Crippen LogP contribution in [0.3, 0.4) is 0 Å². The van der Waals surface area contributed by atoms with Gasteiger partial charge in [-0.1, -0.05) is 11.6 Å². The Hall–Kier alpha value is -0.930. The summed E-state index contributed by atoms with van der Waals surface area (Å²) in [5.41, 5.74) is 2.02. The SMILES string of the molecule is COc1c(C2CCCN2)cc(Cl)c(C)c1OC. The largest absolute Gasteiger partial charge is 0.493 e. The first kappa shape index (κ1) is 12.5. The highest BCUT2D eigenvalue weighted by Gasteiger charge is 2.24. The van der Waals surface area contributed by atoms with E-state index < -0.39 is 0 Å². The maximum atomic E-state index is 6.24. The number of hydrogen-bond donors (Lipinski definition) is 1. The van der Waals surface area contributed by atoms with Gasteiger partial charge in [0, 0.05) is 22.2 Å². The van der Waals surface area contributed by atoms with E-state index in [1.165, 1.54) is 6.42 Å². The zero-order valence-corrected chi connectivity index (χ0v) is 11.2. The topological polar surface area (TPSA) is 30.5 Å². The van der Waals surface area contributed by atoms with E-state index in [1.54, 1.807) is 14.2 Å². The Bertz CT molecular complexity index is 414. The van der Waals surface area contributed by atoms with Crippen molar-refractivity contribution in [3.8, 4) is 11.5 Å². The zero-order chi connectivity index (χ0) is 12.4. The van der Waals surface area contributed by atoms with E-state index in [-0.39, 0.29) is 0 Å². The Labute approximate surface area is 107 Å². The Morgan fingerprint density at radius 2 is 2.00 bits per heavy atom. The van der Waals surface area contributed by atoms with Crippen LogP contribution in [0.5, 0.6) is 11.5 Å². The molecule has 1 unspecified atom stereocenters. The van der Waals surface area contributed by atoms with Crippen LogP contribution in [-0.2, 0) is 0 Å². The Morgan fingerprint density at radius 1 is 1.29 bits per heavy atom. The molecule has 17 heavy (non-hydrogen) atoms. The molecule has 94 valence electrons. The molecule has 1 N–H and O–H groups in total. The van der Waals surface area contributed by atoms with E-state index in [0.717, 1.165) is 40.6 Å². The number of methoxy groups -OCH3 is 2. The molecular weight excluding hydrogens is 238 g/mol. The van der Waals surface area contributed by atoms with E-state index in [0.29, 0.717) is 6.04 Å². The lowest BCUT2D eigenvalue weighted by Gasteiger charge is -2.20. The molecule has 0 aromatic heterocycles. The van der Waals surface area contributed by atoms with Gasteiger partial charge < -0.3 is 14.8 Å². The van der Waals surface area contributed by atoms with Crippen molar-refractivity contribution < 1.29 is 9.47 Å². The molecule has 1 aliphatic rings. The van der Waals surface area contributed by atoms with Crippen LogP contribution >= 0.6 is 11.6 Å². The van der Waals surface area contributed by atoms with Crippen molar-refractivity contribution in [2.24, 2.45) is 0 Å². The summed E-state index contributed by atoms with van der Waals surface area (Å²) in [6.45, 7) is 2.98. The van der Waals surface area contributed by atoms with Crippen LogP contribution in [0.4, 0.5) is 0 Å². The second kappa shape index (κ2) is 5.15. The smallest absolute Gasteiger partial charge is 0.165 e. The van der Waals surface area contributed by atoms with Gasteiger partial charge in [0.2, 0.25) is 0 Å². The minimum atomic E-state index is 0.317. The summed E-state index contributed by atoms with van der Waals surface area (Å²) in [5, 5.41) is 4.18. The van der Waals surface area contributed by atoms with Crippen molar-refractivity contribution in [3.63, 3.8) is 0 Å². The molecule has 4 heteroatoms. The second-order valence-electron chi connectivity index (χ2n) is 4.29. The molecule has 1 saturated heterocycles. The molecule has 2 rings (SSSR count). The maximum Gasteiger partial charge on any atom is 0.165 e. The van der Waals surface area contributed by atoms with Gasteiger partial charge >= 0.3 is 0 Å². The summed E-state index contributed by atoms with van der Waals surface area (Å²) in [4.78, 5) is 0. The molecule has 1 atom stereocenters.